The summed E-state index contributed by atoms with van der Waals surface area (Å²) in [5.74, 6) is -2.32. The molecule has 0 spiro atoms. The lowest BCUT2D eigenvalue weighted by Crippen LogP contribution is -2.43. The van der Waals surface area contributed by atoms with Crippen LogP contribution in [0.25, 0.3) is 55.7 Å². The fraction of sp³-hybridized carbons (Fsp3) is 0.200. The molecule has 3 aromatic heterocycles. The molecule has 1 saturated heterocycles. The fourth-order valence-corrected chi connectivity index (χ4v) is 10.1. The van der Waals surface area contributed by atoms with E-state index in [4.69, 9.17) is 5.73 Å². The minimum Gasteiger partial charge on any atom is -0.382 e. The van der Waals surface area contributed by atoms with Crippen LogP contribution in [-0.4, -0.2) is 89.6 Å². The van der Waals surface area contributed by atoms with Crippen LogP contribution in [-0.2, 0) is 26.0 Å². The largest absolute Gasteiger partial charge is 0.416 e. The lowest BCUT2D eigenvalue weighted by molar-refractivity contribution is -0.137. The van der Waals surface area contributed by atoms with Crippen molar-refractivity contribution in [3.05, 3.63) is 139 Å². The van der Waals surface area contributed by atoms with E-state index in [0.717, 1.165) is 29.2 Å². The lowest BCUT2D eigenvalue weighted by Gasteiger charge is -2.28. The van der Waals surface area contributed by atoms with Crippen LogP contribution in [0.1, 0.15) is 29.8 Å². The standard InChI is InChI=1S/C23H22FN3O2S.C22H18F4N4O3S/c1-3-27(4-2)30(28,29)22-8-6-5-7-20(22)16-9-10-19(21(24)14-16)18-13-17-11-12-25-23(17)26-15-18;23-18-9-13(1-3-16(18)19-11-29-20(27)12-28-19)15-4-2-14(22(24,25)26)10-17(15)21(31)30-5-7-34(32,33)8-6-30/h5-15H,3-4H2,1-2H3,(H,25,26);1-4,9-12H,5-8H2,(H2,27,29). The number of benzene rings is 4. The number of aromatic amines is 1. The van der Waals surface area contributed by atoms with Gasteiger partial charge in [0.25, 0.3) is 5.91 Å². The van der Waals surface area contributed by atoms with Gasteiger partial charge in [-0.05, 0) is 65.2 Å². The Morgan fingerprint density at radius 1 is 0.766 bits per heavy atom. The number of nitrogen functional groups attached to an aromatic ring is 1. The predicted octanol–water partition coefficient (Wildman–Crippen LogP) is 8.49. The molecule has 1 aliphatic heterocycles. The number of nitrogens with zero attached hydrogens (tertiary/aromatic N) is 5. The summed E-state index contributed by atoms with van der Waals surface area (Å²) < 4.78 is 121. The van der Waals surface area contributed by atoms with E-state index < -0.39 is 49.1 Å². The molecule has 64 heavy (non-hydrogen) atoms. The van der Waals surface area contributed by atoms with Gasteiger partial charge in [-0.15, -0.1) is 0 Å². The van der Waals surface area contributed by atoms with Gasteiger partial charge in [0, 0.05) is 71.8 Å². The average Bonchev–Trinajstić information content (AvgIpc) is 3.75. The summed E-state index contributed by atoms with van der Waals surface area (Å²) in [5.41, 5.74) is 7.52. The summed E-state index contributed by atoms with van der Waals surface area (Å²) in [6.07, 6.45) is 1.24. The van der Waals surface area contributed by atoms with E-state index in [2.05, 4.69) is 19.9 Å². The third-order valence-corrected chi connectivity index (χ3v) is 14.4. The normalized spacial score (nSPS) is 14.0. The summed E-state index contributed by atoms with van der Waals surface area (Å²) in [6.45, 7) is 4.06. The van der Waals surface area contributed by atoms with Crippen LogP contribution in [0, 0.1) is 11.6 Å². The van der Waals surface area contributed by atoms with E-state index in [0.29, 0.717) is 41.4 Å². The number of hydrogen-bond acceptors (Lipinski definition) is 9. The van der Waals surface area contributed by atoms with E-state index >= 15 is 4.39 Å². The van der Waals surface area contributed by atoms with Crippen molar-refractivity contribution in [1.29, 1.82) is 0 Å². The monoisotopic (exact) mass is 917 g/mol. The van der Waals surface area contributed by atoms with Crippen molar-refractivity contribution in [3.8, 4) is 44.6 Å². The molecule has 0 saturated carbocycles. The quantitative estimate of drug-likeness (QED) is 0.135. The van der Waals surface area contributed by atoms with Crippen LogP contribution in [0.5, 0.6) is 0 Å². The number of carbonyl (C=O) groups is 1. The summed E-state index contributed by atoms with van der Waals surface area (Å²) in [4.78, 5) is 29.7. The number of halogens is 5. The van der Waals surface area contributed by atoms with Crippen molar-refractivity contribution >= 4 is 42.6 Å². The van der Waals surface area contributed by atoms with Gasteiger partial charge in [0.2, 0.25) is 10.0 Å². The minimum absolute atomic E-state index is 0.0836. The number of pyridine rings is 1. The number of sulfonamides is 1. The number of hydrogen-bond donors (Lipinski definition) is 2. The number of alkyl halides is 3. The third kappa shape index (κ3) is 9.65. The number of H-pyrrole nitrogens is 1. The molecule has 0 atom stereocenters. The van der Waals surface area contributed by atoms with Gasteiger partial charge < -0.3 is 15.6 Å². The third-order valence-electron chi connectivity index (χ3n) is 10.6. The van der Waals surface area contributed by atoms with Crippen LogP contribution in [0.3, 0.4) is 0 Å². The SMILES string of the molecule is CCN(CC)S(=O)(=O)c1ccccc1-c1ccc(-c2cnc3[nH]ccc3c2)c(F)c1.Nc1cnc(-c2ccc(-c3ccc(C(F)(F)F)cc3C(=O)N3CCS(=O)(=O)CC3)cc2F)cn1. The highest BCUT2D eigenvalue weighted by molar-refractivity contribution is 7.91. The molecule has 8 rings (SSSR count). The van der Waals surface area contributed by atoms with Crippen molar-refractivity contribution in [3.63, 3.8) is 0 Å². The molecule has 0 unspecified atom stereocenters. The zero-order chi connectivity index (χ0) is 46.0. The summed E-state index contributed by atoms with van der Waals surface area (Å²) in [6, 6.07) is 21.8. The minimum atomic E-state index is -4.71. The first-order valence-corrected chi connectivity index (χ1v) is 23.1. The van der Waals surface area contributed by atoms with Gasteiger partial charge in [-0.3, -0.25) is 9.78 Å². The molecule has 1 fully saturated rings. The molecule has 4 aromatic carbocycles. The van der Waals surface area contributed by atoms with Crippen molar-refractivity contribution < 1.29 is 43.6 Å². The van der Waals surface area contributed by atoms with Gasteiger partial charge in [0.05, 0.1) is 40.1 Å². The molecular weight excluding hydrogens is 878 g/mol. The first-order chi connectivity index (χ1) is 30.4. The molecule has 1 amide bonds. The second kappa shape index (κ2) is 18.3. The van der Waals surface area contributed by atoms with Crippen molar-refractivity contribution in [1.82, 2.24) is 29.1 Å². The van der Waals surface area contributed by atoms with Crippen LogP contribution >= 0.6 is 0 Å². The average molecular weight is 918 g/mol. The van der Waals surface area contributed by atoms with Crippen molar-refractivity contribution in [2.45, 2.75) is 24.9 Å². The first-order valence-electron chi connectivity index (χ1n) is 19.8. The Hall–Kier alpha value is -6.57. The molecule has 0 radical (unpaired) electrons. The number of sulfone groups is 1. The molecule has 7 aromatic rings. The summed E-state index contributed by atoms with van der Waals surface area (Å²) in [5, 5.41) is 0.895. The second-order valence-corrected chi connectivity index (χ2v) is 18.9. The molecule has 19 heteroatoms. The van der Waals surface area contributed by atoms with E-state index in [-0.39, 0.29) is 63.3 Å². The maximum Gasteiger partial charge on any atom is 0.416 e. The predicted molar refractivity (Wildman–Crippen MR) is 234 cm³/mol. The molecule has 4 heterocycles. The zero-order valence-electron chi connectivity index (χ0n) is 34.3. The fourth-order valence-electron chi connectivity index (χ4n) is 7.24. The number of carbonyl (C=O) groups excluding carboxylic acids is 1. The highest BCUT2D eigenvalue weighted by atomic mass is 32.2. The number of fused-ring (bicyclic) bond motifs is 1. The van der Waals surface area contributed by atoms with E-state index in [1.165, 1.54) is 39.8 Å². The number of aromatic nitrogens is 4. The number of anilines is 1. The highest BCUT2D eigenvalue weighted by Crippen LogP contribution is 2.36. The topological polar surface area (TPSA) is 172 Å². The number of amides is 1. The summed E-state index contributed by atoms with van der Waals surface area (Å²) in [7, 11) is -6.98. The van der Waals surface area contributed by atoms with Crippen LogP contribution in [0.15, 0.2) is 121 Å². The van der Waals surface area contributed by atoms with E-state index in [1.807, 2.05) is 12.1 Å². The smallest absolute Gasteiger partial charge is 0.382 e. The molecule has 12 nitrogen and oxygen atoms in total. The summed E-state index contributed by atoms with van der Waals surface area (Å²) >= 11 is 0. The molecule has 1 aliphatic rings. The van der Waals surface area contributed by atoms with E-state index in [9.17, 15) is 39.2 Å². The van der Waals surface area contributed by atoms with Gasteiger partial charge in [-0.1, -0.05) is 56.3 Å². The van der Waals surface area contributed by atoms with Gasteiger partial charge >= 0.3 is 6.18 Å². The molecule has 332 valence electrons. The van der Waals surface area contributed by atoms with Crippen LogP contribution in [0.2, 0.25) is 0 Å². The number of rotatable bonds is 9. The first kappa shape index (κ1) is 45.5. The lowest BCUT2D eigenvalue weighted by atomic mass is 9.95. The maximum absolute atomic E-state index is 15.1. The Labute approximate surface area is 365 Å². The van der Waals surface area contributed by atoms with Crippen molar-refractivity contribution in [2.24, 2.45) is 0 Å². The van der Waals surface area contributed by atoms with Gasteiger partial charge in [0.1, 0.15) is 23.1 Å². The van der Waals surface area contributed by atoms with E-state index in [1.54, 1.807) is 62.6 Å². The molecule has 3 N–H and O–H groups in total. The maximum atomic E-state index is 15.1. The van der Waals surface area contributed by atoms with Crippen molar-refractivity contribution in [2.75, 3.05) is 43.4 Å². The molecular formula is C45H40F5N7O5S2. The zero-order valence-corrected chi connectivity index (χ0v) is 35.9. The Balaban J connectivity index is 0.000000193. The second-order valence-electron chi connectivity index (χ2n) is 14.6. The van der Waals surface area contributed by atoms with Crippen LogP contribution in [0.4, 0.5) is 27.8 Å². The van der Waals surface area contributed by atoms with Gasteiger partial charge in [-0.25, -0.2) is 35.6 Å². The number of nitrogens with one attached hydrogen (secondary N) is 1. The highest BCUT2D eigenvalue weighted by Gasteiger charge is 2.34. The Kier molecular flexibility index (Phi) is 13.0. The number of nitrogens with two attached hydrogens (primary N) is 1. The Morgan fingerprint density at radius 3 is 2.03 bits per heavy atom. The Bertz CT molecular complexity index is 3070. The molecule has 0 aliphatic carbocycles. The Morgan fingerprint density at radius 2 is 1.41 bits per heavy atom. The molecule has 0 bridgehead atoms. The van der Waals surface area contributed by atoms with Crippen LogP contribution < -0.4 is 5.73 Å². The van der Waals surface area contributed by atoms with Gasteiger partial charge in [-0.2, -0.15) is 17.5 Å². The van der Waals surface area contributed by atoms with Gasteiger partial charge in [0.15, 0.2) is 9.84 Å².